The summed E-state index contributed by atoms with van der Waals surface area (Å²) in [5, 5.41) is 3.33. The molecule has 15 heavy (non-hydrogen) atoms. The Bertz CT molecular complexity index is 237. The topological polar surface area (TPSA) is 50.4 Å². The Morgan fingerprint density at radius 1 is 1.33 bits per heavy atom. The van der Waals surface area contributed by atoms with Crippen molar-refractivity contribution in [2.75, 3.05) is 6.54 Å². The first-order valence-electron chi connectivity index (χ1n) is 6.24. The minimum absolute atomic E-state index is 0.446. The molecule has 0 radical (unpaired) electrons. The van der Waals surface area contributed by atoms with Gasteiger partial charge in [0.1, 0.15) is 0 Å². The van der Waals surface area contributed by atoms with Gasteiger partial charge in [-0.05, 0) is 31.1 Å². The van der Waals surface area contributed by atoms with E-state index in [1.807, 2.05) is 0 Å². The third-order valence-electron chi connectivity index (χ3n) is 3.90. The molecule has 0 amide bonds. The van der Waals surface area contributed by atoms with E-state index in [1.165, 1.54) is 44.9 Å². The lowest BCUT2D eigenvalue weighted by Crippen LogP contribution is -2.40. The number of hydrogen-bond donors (Lipinski definition) is 2. The van der Waals surface area contributed by atoms with Crippen molar-refractivity contribution in [3.8, 4) is 0 Å². The van der Waals surface area contributed by atoms with E-state index in [-0.39, 0.29) is 0 Å². The molecular formula is C12H23N3. The lowest BCUT2D eigenvalue weighted by atomic mass is 9.71. The van der Waals surface area contributed by atoms with Gasteiger partial charge >= 0.3 is 0 Å². The van der Waals surface area contributed by atoms with Crippen molar-refractivity contribution in [2.24, 2.45) is 16.1 Å². The highest BCUT2D eigenvalue weighted by atomic mass is 15.1. The Balaban J connectivity index is 1.74. The highest BCUT2D eigenvalue weighted by Gasteiger charge is 2.31. The van der Waals surface area contributed by atoms with E-state index in [9.17, 15) is 0 Å². The van der Waals surface area contributed by atoms with Crippen LogP contribution in [0.1, 0.15) is 51.9 Å². The standard InChI is InChI=1S/C12H23N3/c1-12(7-4-8-12)9-14-11(13)15-10-5-2-3-6-10/h10H,2-9H2,1H3,(H3,13,14,15). The summed E-state index contributed by atoms with van der Waals surface area (Å²) in [6.45, 7) is 3.21. The van der Waals surface area contributed by atoms with Crippen molar-refractivity contribution < 1.29 is 0 Å². The zero-order chi connectivity index (χ0) is 10.7. The number of rotatable bonds is 3. The normalized spacial score (nSPS) is 26.3. The number of nitrogens with one attached hydrogen (secondary N) is 1. The molecule has 0 aromatic heterocycles. The van der Waals surface area contributed by atoms with Crippen LogP contribution in [0.4, 0.5) is 0 Å². The van der Waals surface area contributed by atoms with Crippen molar-refractivity contribution >= 4 is 5.96 Å². The molecule has 2 rings (SSSR count). The number of nitrogens with zero attached hydrogens (tertiary/aromatic N) is 1. The molecule has 86 valence electrons. The van der Waals surface area contributed by atoms with Gasteiger partial charge < -0.3 is 11.1 Å². The highest BCUT2D eigenvalue weighted by molar-refractivity contribution is 5.78. The van der Waals surface area contributed by atoms with Gasteiger partial charge in [-0.3, -0.25) is 4.99 Å². The average Bonchev–Trinajstić information content (AvgIpc) is 2.64. The van der Waals surface area contributed by atoms with Crippen molar-refractivity contribution in [1.82, 2.24) is 5.32 Å². The zero-order valence-corrected chi connectivity index (χ0v) is 9.76. The molecule has 2 aliphatic rings. The molecule has 2 fully saturated rings. The second-order valence-electron chi connectivity index (χ2n) is 5.49. The minimum Gasteiger partial charge on any atom is -0.370 e. The van der Waals surface area contributed by atoms with Crippen LogP contribution < -0.4 is 11.1 Å². The lowest BCUT2D eigenvalue weighted by Gasteiger charge is -2.36. The van der Waals surface area contributed by atoms with E-state index >= 15 is 0 Å². The van der Waals surface area contributed by atoms with Crippen molar-refractivity contribution in [2.45, 2.75) is 57.9 Å². The summed E-state index contributed by atoms with van der Waals surface area (Å²) >= 11 is 0. The average molecular weight is 209 g/mol. The molecule has 3 heteroatoms. The molecule has 0 aromatic rings. The summed E-state index contributed by atoms with van der Waals surface area (Å²) < 4.78 is 0. The van der Waals surface area contributed by atoms with E-state index in [1.54, 1.807) is 0 Å². The second kappa shape index (κ2) is 4.42. The van der Waals surface area contributed by atoms with Gasteiger partial charge in [0.2, 0.25) is 0 Å². The van der Waals surface area contributed by atoms with Crippen molar-refractivity contribution in [3.63, 3.8) is 0 Å². The lowest BCUT2D eigenvalue weighted by molar-refractivity contribution is 0.173. The summed E-state index contributed by atoms with van der Waals surface area (Å²) in [4.78, 5) is 4.46. The predicted molar refractivity (Wildman–Crippen MR) is 63.8 cm³/mol. The van der Waals surface area contributed by atoms with Crippen LogP contribution in [0.15, 0.2) is 4.99 Å². The monoisotopic (exact) mass is 209 g/mol. The number of nitrogens with two attached hydrogens (primary N) is 1. The van der Waals surface area contributed by atoms with E-state index in [4.69, 9.17) is 5.73 Å². The summed E-state index contributed by atoms with van der Waals surface area (Å²) in [6.07, 6.45) is 9.18. The number of hydrogen-bond acceptors (Lipinski definition) is 1. The Kier molecular flexibility index (Phi) is 3.17. The number of aliphatic imine (C=N–C) groups is 1. The second-order valence-corrected chi connectivity index (χ2v) is 5.49. The van der Waals surface area contributed by atoms with E-state index in [0.717, 1.165) is 6.54 Å². The van der Waals surface area contributed by atoms with Crippen LogP contribution in [0.25, 0.3) is 0 Å². The van der Waals surface area contributed by atoms with Crippen LogP contribution in [0, 0.1) is 5.41 Å². The Morgan fingerprint density at radius 3 is 2.53 bits per heavy atom. The SMILES string of the molecule is CC1(CN=C(N)NC2CCCC2)CCC1. The molecule has 0 unspecified atom stereocenters. The quantitative estimate of drug-likeness (QED) is 0.552. The fraction of sp³-hybridized carbons (Fsp3) is 0.917. The third kappa shape index (κ3) is 2.86. The Hall–Kier alpha value is -0.730. The first kappa shape index (κ1) is 10.8. The van der Waals surface area contributed by atoms with Gasteiger partial charge in [0, 0.05) is 12.6 Å². The fourth-order valence-electron chi connectivity index (χ4n) is 2.54. The van der Waals surface area contributed by atoms with Crippen LogP contribution in [0.2, 0.25) is 0 Å². The summed E-state index contributed by atoms with van der Waals surface area (Å²) in [5.41, 5.74) is 6.32. The highest BCUT2D eigenvalue weighted by Crippen LogP contribution is 2.40. The Labute approximate surface area is 92.5 Å². The van der Waals surface area contributed by atoms with Gasteiger partial charge in [-0.2, -0.15) is 0 Å². The molecule has 0 saturated heterocycles. The maximum atomic E-state index is 5.88. The van der Waals surface area contributed by atoms with Crippen molar-refractivity contribution in [3.05, 3.63) is 0 Å². The first-order chi connectivity index (χ1) is 7.18. The van der Waals surface area contributed by atoms with E-state index in [2.05, 4.69) is 17.2 Å². The molecule has 3 nitrogen and oxygen atoms in total. The molecule has 0 spiro atoms. The molecule has 3 N–H and O–H groups in total. The van der Waals surface area contributed by atoms with Crippen LogP contribution in [-0.4, -0.2) is 18.5 Å². The summed E-state index contributed by atoms with van der Waals surface area (Å²) in [6, 6.07) is 0.586. The van der Waals surface area contributed by atoms with Crippen LogP contribution >= 0.6 is 0 Å². The molecule has 0 aromatic carbocycles. The van der Waals surface area contributed by atoms with Gasteiger partial charge in [0.15, 0.2) is 5.96 Å². The molecule has 2 saturated carbocycles. The molecule has 0 aliphatic heterocycles. The molecule has 0 atom stereocenters. The van der Waals surface area contributed by atoms with E-state index < -0.39 is 0 Å². The van der Waals surface area contributed by atoms with Crippen LogP contribution in [-0.2, 0) is 0 Å². The molecule has 0 bridgehead atoms. The van der Waals surface area contributed by atoms with Gasteiger partial charge in [-0.15, -0.1) is 0 Å². The molecular weight excluding hydrogens is 186 g/mol. The summed E-state index contributed by atoms with van der Waals surface area (Å²) in [7, 11) is 0. The summed E-state index contributed by atoms with van der Waals surface area (Å²) in [5.74, 6) is 0.662. The van der Waals surface area contributed by atoms with Crippen LogP contribution in [0.3, 0.4) is 0 Å². The van der Waals surface area contributed by atoms with Gasteiger partial charge in [-0.25, -0.2) is 0 Å². The predicted octanol–water partition coefficient (Wildman–Crippen LogP) is 2.02. The van der Waals surface area contributed by atoms with Crippen molar-refractivity contribution in [1.29, 1.82) is 0 Å². The zero-order valence-electron chi connectivity index (χ0n) is 9.76. The largest absolute Gasteiger partial charge is 0.370 e. The van der Waals surface area contributed by atoms with Crippen LogP contribution in [0.5, 0.6) is 0 Å². The fourth-order valence-corrected chi connectivity index (χ4v) is 2.54. The number of guanidine groups is 1. The maximum absolute atomic E-state index is 5.88. The Morgan fingerprint density at radius 2 is 2.00 bits per heavy atom. The van der Waals surface area contributed by atoms with Gasteiger partial charge in [0.25, 0.3) is 0 Å². The minimum atomic E-state index is 0.446. The molecule has 0 heterocycles. The first-order valence-corrected chi connectivity index (χ1v) is 6.24. The molecule has 2 aliphatic carbocycles. The van der Waals surface area contributed by atoms with E-state index in [0.29, 0.717) is 17.4 Å². The smallest absolute Gasteiger partial charge is 0.188 e. The third-order valence-corrected chi connectivity index (χ3v) is 3.90. The van der Waals surface area contributed by atoms with Gasteiger partial charge in [0.05, 0.1) is 0 Å². The van der Waals surface area contributed by atoms with Gasteiger partial charge in [-0.1, -0.05) is 26.2 Å². The maximum Gasteiger partial charge on any atom is 0.188 e.